The summed E-state index contributed by atoms with van der Waals surface area (Å²) in [6.07, 6.45) is 0. The van der Waals surface area contributed by atoms with Crippen molar-refractivity contribution in [2.24, 2.45) is 0 Å². The van der Waals surface area contributed by atoms with Crippen molar-refractivity contribution in [2.45, 2.75) is 6.04 Å². The van der Waals surface area contributed by atoms with Gasteiger partial charge in [0.25, 0.3) is 11.7 Å². The summed E-state index contributed by atoms with van der Waals surface area (Å²) >= 11 is 0. The van der Waals surface area contributed by atoms with E-state index in [1.807, 2.05) is 25.1 Å². The van der Waals surface area contributed by atoms with Gasteiger partial charge in [-0.25, -0.2) is 0 Å². The number of benzene rings is 2. The van der Waals surface area contributed by atoms with Gasteiger partial charge in [0.15, 0.2) is 0 Å². The van der Waals surface area contributed by atoms with Crippen molar-refractivity contribution in [3.8, 4) is 11.5 Å². The van der Waals surface area contributed by atoms with Crippen LogP contribution in [-0.4, -0.2) is 68.0 Å². The van der Waals surface area contributed by atoms with Crippen LogP contribution in [0.15, 0.2) is 54.1 Å². The summed E-state index contributed by atoms with van der Waals surface area (Å²) < 4.78 is 10.8. The topological polar surface area (TPSA) is 79.3 Å². The fraction of sp³-hybridized carbons (Fsp3) is 0.304. The molecule has 1 atom stereocenters. The summed E-state index contributed by atoms with van der Waals surface area (Å²) in [5.41, 5.74) is 1.13. The molecule has 2 aromatic carbocycles. The lowest BCUT2D eigenvalue weighted by Gasteiger charge is -2.27. The molecule has 1 unspecified atom stereocenters. The second-order valence-corrected chi connectivity index (χ2v) is 7.27. The zero-order valence-corrected chi connectivity index (χ0v) is 17.6. The first-order valence-corrected chi connectivity index (χ1v) is 9.59. The summed E-state index contributed by atoms with van der Waals surface area (Å²) in [6, 6.07) is 13.2. The molecule has 7 heteroatoms. The largest absolute Gasteiger partial charge is 0.507 e. The first kappa shape index (κ1) is 21.4. The van der Waals surface area contributed by atoms with E-state index >= 15 is 0 Å². The molecule has 1 fully saturated rings. The van der Waals surface area contributed by atoms with E-state index in [1.165, 1.54) is 12.0 Å². The zero-order valence-electron chi connectivity index (χ0n) is 17.6. The lowest BCUT2D eigenvalue weighted by Crippen LogP contribution is -2.35. The van der Waals surface area contributed by atoms with Crippen LogP contribution in [0.4, 0.5) is 0 Å². The Morgan fingerprint density at radius 3 is 2.37 bits per heavy atom. The van der Waals surface area contributed by atoms with Crippen molar-refractivity contribution in [3.63, 3.8) is 0 Å². The van der Waals surface area contributed by atoms with Crippen molar-refractivity contribution in [2.75, 3.05) is 41.4 Å². The Labute approximate surface area is 176 Å². The van der Waals surface area contributed by atoms with Gasteiger partial charge in [-0.1, -0.05) is 30.3 Å². The number of hydrogen-bond donors (Lipinski definition) is 1. The number of aliphatic hydroxyl groups is 1. The van der Waals surface area contributed by atoms with Crippen molar-refractivity contribution in [3.05, 3.63) is 65.2 Å². The normalized spacial score (nSPS) is 18.2. The third kappa shape index (κ3) is 4.02. The highest BCUT2D eigenvalue weighted by molar-refractivity contribution is 6.46. The predicted octanol–water partition coefficient (Wildman–Crippen LogP) is 2.69. The molecule has 1 heterocycles. The summed E-state index contributed by atoms with van der Waals surface area (Å²) in [7, 11) is 6.85. The van der Waals surface area contributed by atoms with Crippen LogP contribution in [0.3, 0.4) is 0 Å². The van der Waals surface area contributed by atoms with Crippen LogP contribution in [-0.2, 0) is 9.59 Å². The number of hydrogen-bond acceptors (Lipinski definition) is 6. The van der Waals surface area contributed by atoms with Gasteiger partial charge in [-0.2, -0.15) is 0 Å². The minimum absolute atomic E-state index is 0.0495. The SMILES string of the molecule is COc1ccc(C2/C(=C(/O)c3ccccc3)C(=O)C(=O)N2CCN(C)C)c(OC)c1. The van der Waals surface area contributed by atoms with Gasteiger partial charge in [-0.15, -0.1) is 0 Å². The summed E-state index contributed by atoms with van der Waals surface area (Å²) in [5, 5.41) is 11.0. The highest BCUT2D eigenvalue weighted by Crippen LogP contribution is 2.43. The maximum absolute atomic E-state index is 13.0. The quantitative estimate of drug-likeness (QED) is 0.430. The lowest BCUT2D eigenvalue weighted by molar-refractivity contribution is -0.140. The maximum Gasteiger partial charge on any atom is 0.295 e. The molecule has 0 saturated carbocycles. The zero-order chi connectivity index (χ0) is 21.8. The molecule has 1 amide bonds. The van der Waals surface area contributed by atoms with Gasteiger partial charge in [0.1, 0.15) is 17.3 Å². The van der Waals surface area contributed by atoms with Gasteiger partial charge in [-0.3, -0.25) is 9.59 Å². The van der Waals surface area contributed by atoms with E-state index in [0.717, 1.165) is 0 Å². The number of Topliss-reactive ketones (excluding diaryl/α,β-unsaturated/α-hetero) is 1. The third-order valence-corrected chi connectivity index (χ3v) is 5.11. The molecule has 0 radical (unpaired) electrons. The molecule has 3 rings (SSSR count). The maximum atomic E-state index is 13.0. The van der Waals surface area contributed by atoms with Crippen LogP contribution < -0.4 is 9.47 Å². The molecule has 2 aromatic rings. The molecule has 1 N–H and O–H groups in total. The van der Waals surface area contributed by atoms with Gasteiger partial charge >= 0.3 is 0 Å². The lowest BCUT2D eigenvalue weighted by atomic mass is 9.94. The van der Waals surface area contributed by atoms with Crippen molar-refractivity contribution < 1.29 is 24.2 Å². The Bertz CT molecular complexity index is 969. The van der Waals surface area contributed by atoms with Crippen LogP contribution in [0.25, 0.3) is 5.76 Å². The highest BCUT2D eigenvalue weighted by Gasteiger charge is 2.46. The average molecular weight is 410 g/mol. The minimum atomic E-state index is -0.772. The molecule has 7 nitrogen and oxygen atoms in total. The molecule has 1 aliphatic rings. The van der Waals surface area contributed by atoms with Crippen LogP contribution in [0, 0.1) is 0 Å². The predicted molar refractivity (Wildman–Crippen MR) is 114 cm³/mol. The molecule has 158 valence electrons. The number of ether oxygens (including phenoxy) is 2. The second kappa shape index (κ2) is 9.00. The minimum Gasteiger partial charge on any atom is -0.507 e. The van der Waals surface area contributed by atoms with Gasteiger partial charge in [-0.05, 0) is 26.2 Å². The Kier molecular flexibility index (Phi) is 6.42. The highest BCUT2D eigenvalue weighted by atomic mass is 16.5. The Hall–Kier alpha value is -3.32. The third-order valence-electron chi connectivity index (χ3n) is 5.11. The number of likely N-dealkylation sites (tertiary alicyclic amines) is 1. The Balaban J connectivity index is 2.20. The van der Waals surface area contributed by atoms with Crippen LogP contribution in [0.1, 0.15) is 17.2 Å². The van der Waals surface area contributed by atoms with E-state index in [-0.39, 0.29) is 11.3 Å². The summed E-state index contributed by atoms with van der Waals surface area (Å²) in [6.45, 7) is 0.885. The number of carbonyl (C=O) groups excluding carboxylic acids is 2. The van der Waals surface area contributed by atoms with Crippen LogP contribution in [0.5, 0.6) is 11.5 Å². The number of carbonyl (C=O) groups is 2. The van der Waals surface area contributed by atoms with Crippen molar-refractivity contribution >= 4 is 17.4 Å². The van der Waals surface area contributed by atoms with E-state index in [1.54, 1.807) is 49.6 Å². The van der Waals surface area contributed by atoms with E-state index in [9.17, 15) is 14.7 Å². The monoisotopic (exact) mass is 410 g/mol. The van der Waals surface area contributed by atoms with Crippen molar-refractivity contribution in [1.29, 1.82) is 0 Å². The Morgan fingerprint density at radius 2 is 1.77 bits per heavy atom. The molecule has 0 aliphatic carbocycles. The number of aliphatic hydroxyl groups excluding tert-OH is 1. The van der Waals surface area contributed by atoms with Crippen LogP contribution >= 0.6 is 0 Å². The van der Waals surface area contributed by atoms with Gasteiger partial charge in [0.2, 0.25) is 0 Å². The fourth-order valence-electron chi connectivity index (χ4n) is 3.54. The number of ketones is 1. The molecule has 0 bridgehead atoms. The van der Waals surface area contributed by atoms with Gasteiger partial charge in [0, 0.05) is 30.3 Å². The molecular weight excluding hydrogens is 384 g/mol. The molecule has 0 spiro atoms. The first-order valence-electron chi connectivity index (χ1n) is 9.59. The number of nitrogens with zero attached hydrogens (tertiary/aromatic N) is 2. The average Bonchev–Trinajstić information content (AvgIpc) is 3.01. The number of methoxy groups -OCH3 is 2. The smallest absolute Gasteiger partial charge is 0.295 e. The first-order chi connectivity index (χ1) is 14.4. The molecule has 0 aromatic heterocycles. The molecule has 30 heavy (non-hydrogen) atoms. The van der Waals surface area contributed by atoms with E-state index in [4.69, 9.17) is 9.47 Å². The standard InChI is InChI=1S/C23H26N2O5/c1-24(2)12-13-25-20(17-11-10-16(29-3)14-18(17)30-4)19(22(27)23(25)28)21(26)15-8-6-5-7-9-15/h5-11,14,20,26H,12-13H2,1-4H3/b21-19-. The second-order valence-electron chi connectivity index (χ2n) is 7.27. The van der Waals surface area contributed by atoms with E-state index in [2.05, 4.69) is 0 Å². The van der Waals surface area contributed by atoms with Gasteiger partial charge in [0.05, 0.1) is 25.8 Å². The summed E-state index contributed by atoms with van der Waals surface area (Å²) in [5.74, 6) is -0.502. The molecular formula is C23H26N2O5. The Morgan fingerprint density at radius 1 is 1.07 bits per heavy atom. The fourth-order valence-corrected chi connectivity index (χ4v) is 3.54. The molecule has 1 saturated heterocycles. The number of likely N-dealkylation sites (N-methyl/N-ethyl adjacent to an activating group) is 1. The molecule has 1 aliphatic heterocycles. The summed E-state index contributed by atoms with van der Waals surface area (Å²) in [4.78, 5) is 29.3. The van der Waals surface area contributed by atoms with Gasteiger partial charge < -0.3 is 24.4 Å². The number of amides is 1. The van der Waals surface area contributed by atoms with E-state index < -0.39 is 17.7 Å². The van der Waals surface area contributed by atoms with Crippen LogP contribution in [0.2, 0.25) is 0 Å². The number of rotatable bonds is 7. The van der Waals surface area contributed by atoms with E-state index in [0.29, 0.717) is 35.7 Å². The van der Waals surface area contributed by atoms with Crippen molar-refractivity contribution in [1.82, 2.24) is 9.80 Å².